The van der Waals surface area contributed by atoms with Crippen LogP contribution < -0.4 is 16.0 Å². The summed E-state index contributed by atoms with van der Waals surface area (Å²) in [7, 11) is 1.69. The molecule has 0 saturated carbocycles. The number of ether oxygens (including phenoxy) is 1. The molecule has 1 aliphatic rings. The van der Waals surface area contributed by atoms with Crippen molar-refractivity contribution in [3.05, 3.63) is 63.6 Å². The Kier molecular flexibility index (Phi) is 4.29. The number of halogens is 1. The Bertz CT molecular complexity index is 644. The average molecular weight is 347 g/mol. The maximum atomic E-state index is 5.80. The van der Waals surface area contributed by atoms with E-state index < -0.39 is 0 Å². The van der Waals surface area contributed by atoms with E-state index in [4.69, 9.17) is 10.6 Å². The van der Waals surface area contributed by atoms with Gasteiger partial charge in [0.05, 0.1) is 13.2 Å². The molecule has 0 radical (unpaired) electrons. The van der Waals surface area contributed by atoms with Crippen molar-refractivity contribution in [1.82, 2.24) is 5.43 Å². The summed E-state index contributed by atoms with van der Waals surface area (Å²) in [6, 6.07) is 14.8. The number of hydrogen-bond donors (Lipinski definition) is 2. The van der Waals surface area contributed by atoms with E-state index in [2.05, 4.69) is 51.7 Å². The van der Waals surface area contributed by atoms with Crippen molar-refractivity contribution in [1.29, 1.82) is 0 Å². The summed E-state index contributed by atoms with van der Waals surface area (Å²) in [4.78, 5) is 0. The summed E-state index contributed by atoms with van der Waals surface area (Å²) in [6.07, 6.45) is 2.11. The van der Waals surface area contributed by atoms with Crippen molar-refractivity contribution in [2.24, 2.45) is 5.84 Å². The van der Waals surface area contributed by atoms with Gasteiger partial charge in [0, 0.05) is 10.0 Å². The summed E-state index contributed by atoms with van der Waals surface area (Å²) >= 11 is 3.47. The van der Waals surface area contributed by atoms with Crippen molar-refractivity contribution in [3.63, 3.8) is 0 Å². The van der Waals surface area contributed by atoms with Crippen molar-refractivity contribution in [3.8, 4) is 5.75 Å². The lowest BCUT2D eigenvalue weighted by molar-refractivity contribution is 0.383. The lowest BCUT2D eigenvalue weighted by atomic mass is 9.74. The zero-order valence-corrected chi connectivity index (χ0v) is 13.6. The number of rotatable bonds is 5. The summed E-state index contributed by atoms with van der Waals surface area (Å²) in [5.74, 6) is 7.22. The Labute approximate surface area is 133 Å². The van der Waals surface area contributed by atoms with Crippen LogP contribution in [0.4, 0.5) is 0 Å². The van der Waals surface area contributed by atoms with Gasteiger partial charge in [-0.25, -0.2) is 0 Å². The van der Waals surface area contributed by atoms with Crippen molar-refractivity contribution < 1.29 is 4.74 Å². The van der Waals surface area contributed by atoms with Crippen LogP contribution in [0, 0.1) is 0 Å². The van der Waals surface area contributed by atoms with Crippen LogP contribution in [0.2, 0.25) is 0 Å². The van der Waals surface area contributed by atoms with Crippen LogP contribution in [0.25, 0.3) is 0 Å². The van der Waals surface area contributed by atoms with Gasteiger partial charge < -0.3 is 4.74 Å². The van der Waals surface area contributed by atoms with Crippen LogP contribution in [-0.4, -0.2) is 7.11 Å². The van der Waals surface area contributed by atoms with Crippen molar-refractivity contribution >= 4 is 15.9 Å². The third kappa shape index (κ3) is 2.84. The molecule has 0 heterocycles. The molecule has 110 valence electrons. The largest absolute Gasteiger partial charge is 0.496 e. The molecule has 0 bridgehead atoms. The number of hydrazine groups is 1. The highest BCUT2D eigenvalue weighted by atomic mass is 79.9. The molecule has 3 rings (SSSR count). The lowest BCUT2D eigenvalue weighted by Gasteiger charge is -2.33. The third-order valence-electron chi connectivity index (χ3n) is 4.25. The maximum Gasteiger partial charge on any atom is 0.124 e. The summed E-state index contributed by atoms with van der Waals surface area (Å²) < 4.78 is 6.49. The van der Waals surface area contributed by atoms with Crippen molar-refractivity contribution in [2.45, 2.75) is 24.8 Å². The van der Waals surface area contributed by atoms with Gasteiger partial charge in [-0.1, -0.05) is 46.3 Å². The molecule has 0 aromatic heterocycles. The molecule has 0 aliphatic heterocycles. The Morgan fingerprint density at radius 3 is 2.86 bits per heavy atom. The van der Waals surface area contributed by atoms with E-state index in [1.165, 1.54) is 11.1 Å². The number of methoxy groups -OCH3 is 1. The average Bonchev–Trinajstić information content (AvgIpc) is 2.49. The highest BCUT2D eigenvalue weighted by Crippen LogP contribution is 2.42. The first kappa shape index (κ1) is 14.6. The normalized spacial score (nSPS) is 17.8. The third-order valence-corrected chi connectivity index (χ3v) is 4.75. The molecule has 3 N–H and O–H groups in total. The minimum atomic E-state index is 0.0893. The molecule has 2 atom stereocenters. The maximum absolute atomic E-state index is 5.80. The molecule has 4 heteroatoms. The second-order valence-corrected chi connectivity index (χ2v) is 6.36. The van der Waals surface area contributed by atoms with Crippen LogP contribution in [0.5, 0.6) is 5.75 Å². The SMILES string of the molecule is COc1cc(Br)ccc1C(CC1Cc2ccccc21)NN. The molecular formula is C17H19BrN2O. The minimum Gasteiger partial charge on any atom is -0.496 e. The van der Waals surface area contributed by atoms with Crippen LogP contribution in [0.1, 0.15) is 35.1 Å². The molecule has 0 saturated heterocycles. The highest BCUT2D eigenvalue weighted by molar-refractivity contribution is 9.10. The van der Waals surface area contributed by atoms with E-state index in [9.17, 15) is 0 Å². The zero-order valence-electron chi connectivity index (χ0n) is 12.0. The summed E-state index contributed by atoms with van der Waals surface area (Å²) in [5.41, 5.74) is 6.96. The first-order valence-corrected chi connectivity index (χ1v) is 7.89. The van der Waals surface area contributed by atoms with Crippen LogP contribution in [0.15, 0.2) is 46.9 Å². The van der Waals surface area contributed by atoms with E-state index in [1.54, 1.807) is 7.11 Å². The van der Waals surface area contributed by atoms with Gasteiger partial charge in [-0.15, -0.1) is 0 Å². The molecule has 2 unspecified atom stereocenters. The first-order valence-electron chi connectivity index (χ1n) is 7.10. The zero-order chi connectivity index (χ0) is 14.8. The first-order chi connectivity index (χ1) is 10.2. The number of fused-ring (bicyclic) bond motifs is 1. The quantitative estimate of drug-likeness (QED) is 0.641. The highest BCUT2D eigenvalue weighted by Gasteiger charge is 2.29. The van der Waals surface area contributed by atoms with E-state index in [-0.39, 0.29) is 6.04 Å². The number of benzene rings is 2. The fourth-order valence-electron chi connectivity index (χ4n) is 3.12. The van der Waals surface area contributed by atoms with Crippen molar-refractivity contribution in [2.75, 3.05) is 7.11 Å². The van der Waals surface area contributed by atoms with E-state index in [1.807, 2.05) is 12.1 Å². The van der Waals surface area contributed by atoms with Gasteiger partial charge in [0.25, 0.3) is 0 Å². The molecule has 1 aliphatic carbocycles. The standard InChI is InChI=1S/C17H19BrN2O/c1-21-17-10-13(18)6-7-15(17)16(20-19)9-12-8-11-4-2-3-5-14(11)12/h2-7,10,12,16,20H,8-9,19H2,1H3. The Morgan fingerprint density at radius 2 is 2.14 bits per heavy atom. The molecule has 2 aromatic carbocycles. The Hall–Kier alpha value is -1.36. The van der Waals surface area contributed by atoms with Gasteiger partial charge in [-0.2, -0.15) is 0 Å². The number of nitrogens with one attached hydrogen (secondary N) is 1. The second-order valence-electron chi connectivity index (χ2n) is 5.44. The smallest absolute Gasteiger partial charge is 0.124 e. The molecule has 21 heavy (non-hydrogen) atoms. The fourth-order valence-corrected chi connectivity index (χ4v) is 3.46. The Balaban J connectivity index is 1.81. The fraction of sp³-hybridized carbons (Fsp3) is 0.294. The number of hydrogen-bond acceptors (Lipinski definition) is 3. The van der Waals surface area contributed by atoms with E-state index in [0.29, 0.717) is 5.92 Å². The van der Waals surface area contributed by atoms with Crippen LogP contribution >= 0.6 is 15.9 Å². The molecule has 3 nitrogen and oxygen atoms in total. The van der Waals surface area contributed by atoms with Crippen LogP contribution in [-0.2, 0) is 6.42 Å². The van der Waals surface area contributed by atoms with Gasteiger partial charge >= 0.3 is 0 Å². The van der Waals surface area contributed by atoms with Gasteiger partial charge in [-0.05, 0) is 42.0 Å². The predicted molar refractivity (Wildman–Crippen MR) is 88.3 cm³/mol. The minimum absolute atomic E-state index is 0.0893. The van der Waals surface area contributed by atoms with Gasteiger partial charge in [0.15, 0.2) is 0 Å². The lowest BCUT2D eigenvalue weighted by Crippen LogP contribution is -2.31. The molecular weight excluding hydrogens is 328 g/mol. The van der Waals surface area contributed by atoms with Gasteiger partial charge in [-0.3, -0.25) is 11.3 Å². The van der Waals surface area contributed by atoms with E-state index >= 15 is 0 Å². The van der Waals surface area contributed by atoms with E-state index in [0.717, 1.165) is 28.6 Å². The molecule has 2 aromatic rings. The topological polar surface area (TPSA) is 47.3 Å². The number of nitrogens with two attached hydrogens (primary N) is 1. The predicted octanol–water partition coefficient (Wildman–Crippen LogP) is 3.69. The van der Waals surface area contributed by atoms with Gasteiger partial charge in [0.1, 0.15) is 5.75 Å². The summed E-state index contributed by atoms with van der Waals surface area (Å²) in [5, 5.41) is 0. The summed E-state index contributed by atoms with van der Waals surface area (Å²) in [6.45, 7) is 0. The molecule has 0 fully saturated rings. The molecule has 0 spiro atoms. The monoisotopic (exact) mass is 346 g/mol. The second kappa shape index (κ2) is 6.18. The van der Waals surface area contributed by atoms with Crippen LogP contribution in [0.3, 0.4) is 0 Å². The van der Waals surface area contributed by atoms with Gasteiger partial charge in [0.2, 0.25) is 0 Å². The Morgan fingerprint density at radius 1 is 1.33 bits per heavy atom. The molecule has 0 amide bonds.